The van der Waals surface area contributed by atoms with Gasteiger partial charge in [0, 0.05) is 31.5 Å². The van der Waals surface area contributed by atoms with Gasteiger partial charge in [-0.15, -0.1) is 0 Å². The fourth-order valence-electron chi connectivity index (χ4n) is 5.21. The number of fused-ring (bicyclic) bond motifs is 3. The van der Waals surface area contributed by atoms with Gasteiger partial charge in [-0.05, 0) is 34.6 Å². The molecule has 180 valence electrons. The van der Waals surface area contributed by atoms with Crippen LogP contribution in [0, 0.1) is 11.8 Å². The van der Waals surface area contributed by atoms with Crippen LogP contribution in [-0.2, 0) is 14.3 Å². The summed E-state index contributed by atoms with van der Waals surface area (Å²) >= 11 is 0. The largest absolute Gasteiger partial charge is 0.481 e. The number of aliphatic carboxylic acids is 1. The van der Waals surface area contributed by atoms with E-state index in [0.29, 0.717) is 13.0 Å². The molecule has 34 heavy (non-hydrogen) atoms. The van der Waals surface area contributed by atoms with Crippen LogP contribution < -0.4 is 5.32 Å². The van der Waals surface area contributed by atoms with E-state index in [4.69, 9.17) is 4.74 Å². The molecule has 0 bridgehead atoms. The van der Waals surface area contributed by atoms with Crippen molar-refractivity contribution < 1.29 is 24.2 Å². The highest BCUT2D eigenvalue weighted by atomic mass is 16.5. The van der Waals surface area contributed by atoms with Gasteiger partial charge in [0.25, 0.3) is 0 Å². The van der Waals surface area contributed by atoms with Crippen molar-refractivity contribution in [1.29, 1.82) is 0 Å². The lowest BCUT2D eigenvalue weighted by atomic mass is 9.98. The van der Waals surface area contributed by atoms with Crippen LogP contribution in [-0.4, -0.2) is 53.7 Å². The number of hydrogen-bond donors (Lipinski definition) is 2. The number of ether oxygens (including phenoxy) is 1. The van der Waals surface area contributed by atoms with E-state index in [1.165, 1.54) is 11.1 Å². The molecule has 2 unspecified atom stereocenters. The van der Waals surface area contributed by atoms with Crippen LogP contribution in [0.3, 0.4) is 0 Å². The van der Waals surface area contributed by atoms with Crippen molar-refractivity contribution in [3.8, 4) is 11.1 Å². The lowest BCUT2D eigenvalue weighted by Gasteiger charge is -2.22. The number of hydrogen-bond acceptors (Lipinski definition) is 4. The van der Waals surface area contributed by atoms with E-state index in [-0.39, 0.29) is 43.4 Å². The van der Waals surface area contributed by atoms with Crippen molar-refractivity contribution in [2.45, 2.75) is 45.1 Å². The summed E-state index contributed by atoms with van der Waals surface area (Å²) in [6, 6.07) is 16.0. The average Bonchev–Trinajstić information content (AvgIpc) is 3.36. The number of carbonyl (C=O) groups excluding carboxylic acids is 2. The zero-order valence-corrected chi connectivity index (χ0v) is 19.7. The molecule has 1 aliphatic heterocycles. The molecule has 7 nitrogen and oxygen atoms in total. The van der Waals surface area contributed by atoms with Crippen LogP contribution >= 0.6 is 0 Å². The minimum absolute atomic E-state index is 0.0246. The van der Waals surface area contributed by atoms with E-state index in [1.807, 2.05) is 38.1 Å². The van der Waals surface area contributed by atoms with E-state index in [9.17, 15) is 19.5 Å². The Bertz CT molecular complexity index is 1020. The number of nitrogens with one attached hydrogen (secondary N) is 1. The number of alkyl carbamates (subject to hydrolysis) is 1. The Hall–Kier alpha value is -3.35. The number of rotatable bonds is 8. The summed E-state index contributed by atoms with van der Waals surface area (Å²) in [6.07, 6.45) is 1.04. The van der Waals surface area contributed by atoms with E-state index in [1.54, 1.807) is 4.90 Å². The molecular weight excluding hydrogens is 432 g/mol. The summed E-state index contributed by atoms with van der Waals surface area (Å²) in [7, 11) is 0. The van der Waals surface area contributed by atoms with Gasteiger partial charge < -0.3 is 20.1 Å². The van der Waals surface area contributed by atoms with Gasteiger partial charge in [-0.25, -0.2) is 4.79 Å². The van der Waals surface area contributed by atoms with Crippen molar-refractivity contribution in [2.24, 2.45) is 11.8 Å². The summed E-state index contributed by atoms with van der Waals surface area (Å²) in [5, 5.41) is 12.2. The summed E-state index contributed by atoms with van der Waals surface area (Å²) < 4.78 is 5.64. The second-order valence-electron chi connectivity index (χ2n) is 9.38. The molecule has 1 heterocycles. The highest BCUT2D eigenvalue weighted by Gasteiger charge is 2.37. The van der Waals surface area contributed by atoms with Crippen LogP contribution in [0.4, 0.5) is 4.79 Å². The normalized spacial score (nSPS) is 19.9. The molecule has 2 aliphatic rings. The third-order valence-corrected chi connectivity index (χ3v) is 7.01. The van der Waals surface area contributed by atoms with Gasteiger partial charge in [0.15, 0.2) is 0 Å². The van der Waals surface area contributed by atoms with Gasteiger partial charge >= 0.3 is 12.1 Å². The van der Waals surface area contributed by atoms with Crippen LogP contribution in [0.2, 0.25) is 0 Å². The number of nitrogens with zero attached hydrogens (tertiary/aromatic N) is 1. The summed E-state index contributed by atoms with van der Waals surface area (Å²) in [5.41, 5.74) is 4.63. The number of carbonyl (C=O) groups is 3. The minimum Gasteiger partial charge on any atom is -0.481 e. The van der Waals surface area contributed by atoms with Gasteiger partial charge in [-0.2, -0.15) is 0 Å². The van der Waals surface area contributed by atoms with Gasteiger partial charge in [-0.3, -0.25) is 9.59 Å². The fraction of sp³-hybridized carbons (Fsp3) is 0.444. The van der Waals surface area contributed by atoms with Gasteiger partial charge in [-0.1, -0.05) is 68.8 Å². The Morgan fingerprint density at radius 2 is 1.68 bits per heavy atom. The number of amides is 2. The topological polar surface area (TPSA) is 95.9 Å². The molecule has 7 heteroatoms. The smallest absolute Gasteiger partial charge is 0.407 e. The number of carboxylic acid groups (broad SMARTS) is 1. The molecule has 1 fully saturated rings. The summed E-state index contributed by atoms with van der Waals surface area (Å²) in [4.78, 5) is 38.5. The van der Waals surface area contributed by atoms with Gasteiger partial charge in [0.2, 0.25) is 5.91 Å². The zero-order chi connectivity index (χ0) is 24.2. The molecule has 2 amide bonds. The molecule has 0 spiro atoms. The molecular formula is C27H32N2O5. The lowest BCUT2D eigenvalue weighted by molar-refractivity contribution is -0.142. The molecule has 0 aromatic heterocycles. The highest BCUT2D eigenvalue weighted by molar-refractivity contribution is 5.81. The first-order chi connectivity index (χ1) is 16.4. The van der Waals surface area contributed by atoms with E-state index in [0.717, 1.165) is 17.5 Å². The highest BCUT2D eigenvalue weighted by Crippen LogP contribution is 2.44. The number of likely N-dealkylation sites (tertiary alicyclic amines) is 1. The minimum atomic E-state index is -0.871. The molecule has 2 aromatic carbocycles. The molecule has 0 radical (unpaired) electrons. The second-order valence-corrected chi connectivity index (χ2v) is 9.38. The van der Waals surface area contributed by atoms with Crippen molar-refractivity contribution >= 4 is 18.0 Å². The monoisotopic (exact) mass is 464 g/mol. The van der Waals surface area contributed by atoms with Crippen molar-refractivity contribution in [2.75, 3.05) is 19.7 Å². The Morgan fingerprint density at radius 3 is 2.24 bits per heavy atom. The maximum absolute atomic E-state index is 12.8. The first kappa shape index (κ1) is 23.8. The first-order valence-corrected chi connectivity index (χ1v) is 12.0. The average molecular weight is 465 g/mol. The number of carboxylic acids is 1. The van der Waals surface area contributed by atoms with Crippen LogP contribution in [0.15, 0.2) is 48.5 Å². The standard InChI is InChI=1S/C27H32N2O5/c1-3-8-18(13-25(30)29-14-17(2)23(15-29)26(31)32)28-27(33)34-16-24-21-11-6-4-9-19(21)20-10-5-7-12-22(20)24/h4-7,9-12,17-18,23-24H,3,8,13-16H2,1-2H3,(H,28,33)(H,31,32)/t17?,18-,23?/m0/s1. The first-order valence-electron chi connectivity index (χ1n) is 12.0. The molecule has 1 saturated heterocycles. The molecule has 2 N–H and O–H groups in total. The van der Waals surface area contributed by atoms with Gasteiger partial charge in [0.1, 0.15) is 6.61 Å². The third kappa shape index (κ3) is 4.93. The predicted molar refractivity (Wildman–Crippen MR) is 128 cm³/mol. The quantitative estimate of drug-likeness (QED) is 0.609. The van der Waals surface area contributed by atoms with Crippen molar-refractivity contribution in [3.63, 3.8) is 0 Å². The fourth-order valence-corrected chi connectivity index (χ4v) is 5.21. The van der Waals surface area contributed by atoms with Crippen molar-refractivity contribution in [1.82, 2.24) is 10.2 Å². The summed E-state index contributed by atoms with van der Waals surface area (Å²) in [5.74, 6) is -1.65. The van der Waals surface area contributed by atoms with Gasteiger partial charge in [0.05, 0.1) is 5.92 Å². The van der Waals surface area contributed by atoms with E-state index < -0.39 is 18.0 Å². The maximum atomic E-state index is 12.8. The van der Waals surface area contributed by atoms with Crippen LogP contribution in [0.1, 0.15) is 50.2 Å². The Morgan fingerprint density at radius 1 is 1.06 bits per heavy atom. The maximum Gasteiger partial charge on any atom is 0.407 e. The Kier molecular flexibility index (Phi) is 7.20. The molecule has 2 aromatic rings. The predicted octanol–water partition coefficient (Wildman–Crippen LogP) is 4.26. The Labute approximate surface area is 200 Å². The zero-order valence-electron chi connectivity index (χ0n) is 19.7. The Balaban J connectivity index is 1.35. The number of benzene rings is 2. The van der Waals surface area contributed by atoms with Crippen LogP contribution in [0.5, 0.6) is 0 Å². The van der Waals surface area contributed by atoms with Crippen LogP contribution in [0.25, 0.3) is 11.1 Å². The van der Waals surface area contributed by atoms with E-state index in [2.05, 4.69) is 29.6 Å². The van der Waals surface area contributed by atoms with Crippen molar-refractivity contribution in [3.05, 3.63) is 59.7 Å². The second kappa shape index (κ2) is 10.3. The summed E-state index contributed by atoms with van der Waals surface area (Å²) in [6.45, 7) is 4.72. The third-order valence-electron chi connectivity index (χ3n) is 7.01. The molecule has 3 atom stereocenters. The molecule has 1 aliphatic carbocycles. The molecule has 4 rings (SSSR count). The molecule has 0 saturated carbocycles. The lowest BCUT2D eigenvalue weighted by Crippen LogP contribution is -2.41. The van der Waals surface area contributed by atoms with E-state index >= 15 is 0 Å². The SMILES string of the molecule is CCC[C@@H](CC(=O)N1CC(C)C(C(=O)O)C1)NC(=O)OCC1c2ccccc2-c2ccccc21.